The molecule has 290 valence electrons. The van der Waals surface area contributed by atoms with Crippen LogP contribution in [-0.4, -0.2) is 0 Å². The van der Waals surface area contributed by atoms with E-state index in [4.69, 9.17) is 0 Å². The van der Waals surface area contributed by atoms with Crippen LogP contribution >= 0.6 is 0 Å². The molecule has 1 heteroatoms. The summed E-state index contributed by atoms with van der Waals surface area (Å²) in [5, 5.41) is 0. The molecule has 4 aromatic rings. The van der Waals surface area contributed by atoms with Crippen molar-refractivity contribution in [1.29, 1.82) is 0 Å². The second-order valence-corrected chi connectivity index (χ2v) is 40.3. The molecule has 1 saturated heterocycles. The molecule has 0 bridgehead atoms. The average molecular weight is 898 g/mol. The quantitative estimate of drug-likeness (QED) is 0.179. The first-order valence-corrected chi connectivity index (χ1v) is 32.6. The van der Waals surface area contributed by atoms with E-state index in [9.17, 15) is 0 Å². The van der Waals surface area contributed by atoms with Gasteiger partial charge in [-0.05, 0) is 0 Å². The molecule has 0 saturated carbocycles. The molecule has 0 amide bonds. The summed E-state index contributed by atoms with van der Waals surface area (Å²) in [5.74, 6) is 0.591. The molecule has 4 aromatic carbocycles. The minimum absolute atomic E-state index is 0.000738. The Morgan fingerprint density at radius 2 is 0.855 bits per heavy atom. The van der Waals surface area contributed by atoms with Gasteiger partial charge in [0.1, 0.15) is 0 Å². The van der Waals surface area contributed by atoms with E-state index >= 15 is 0 Å². The van der Waals surface area contributed by atoms with E-state index in [0.717, 1.165) is 0 Å². The van der Waals surface area contributed by atoms with E-state index < -0.39 is 20.0 Å². The molecule has 2 aliphatic carbocycles. The zero-order valence-corrected chi connectivity index (χ0v) is 41.1. The molecule has 0 aromatic heterocycles. The molecule has 2 unspecified atom stereocenters. The van der Waals surface area contributed by atoms with Crippen LogP contribution in [-0.2, 0) is 41.6 Å². The van der Waals surface area contributed by atoms with E-state index in [2.05, 4.69) is 198 Å². The standard InChI is InChI=1S/C52H64.2CH3.Hf/c1-33(2)32-52(15,42-22-34-18-16-20-44(46(34)30-42)36-24-38(48(3,4)5)28-39(25-36)49(6,7)8)43-23-35-19-17-21-45(47(35)31-43)37-26-40(50(9,10)11)29-41(27-37)51(12,13)14;;;/h16-31,33H,32H2,1-15H3;2*1H3;. The fourth-order valence-electron chi connectivity index (χ4n) is 10.6. The predicted molar refractivity (Wildman–Crippen MR) is 239 cm³/mol. The number of hydrogen-bond donors (Lipinski definition) is 0. The molecule has 0 spiro atoms. The normalized spacial score (nSPS) is 21.9. The van der Waals surface area contributed by atoms with Crippen molar-refractivity contribution < 1.29 is 20.0 Å². The molecule has 1 aliphatic heterocycles. The van der Waals surface area contributed by atoms with E-state index in [-0.39, 0.29) is 27.1 Å². The fraction of sp³-hybridized carbons (Fsp3) is 0.481. The van der Waals surface area contributed by atoms with Crippen LogP contribution in [0.1, 0.15) is 162 Å². The van der Waals surface area contributed by atoms with Gasteiger partial charge in [0, 0.05) is 0 Å². The predicted octanol–water partition coefficient (Wildman–Crippen LogP) is 16.1. The van der Waals surface area contributed by atoms with Crippen LogP contribution in [0.25, 0.3) is 34.4 Å². The molecule has 0 nitrogen and oxygen atoms in total. The van der Waals surface area contributed by atoms with Crippen molar-refractivity contribution in [2.24, 2.45) is 11.3 Å². The summed E-state index contributed by atoms with van der Waals surface area (Å²) in [4.78, 5) is 0. The van der Waals surface area contributed by atoms with Gasteiger partial charge < -0.3 is 0 Å². The van der Waals surface area contributed by atoms with Crippen LogP contribution in [0.2, 0.25) is 9.36 Å². The minimum atomic E-state index is -3.25. The Hall–Kier alpha value is -2.77. The first kappa shape index (κ1) is 40.4. The third kappa shape index (κ3) is 6.89. The van der Waals surface area contributed by atoms with Gasteiger partial charge >= 0.3 is 343 Å². The Kier molecular flexibility index (Phi) is 9.65. The van der Waals surface area contributed by atoms with Crippen molar-refractivity contribution in [3.63, 3.8) is 0 Å². The molecule has 55 heavy (non-hydrogen) atoms. The summed E-state index contributed by atoms with van der Waals surface area (Å²) in [6.45, 7) is 35.9. The van der Waals surface area contributed by atoms with Gasteiger partial charge in [-0.15, -0.1) is 0 Å². The van der Waals surface area contributed by atoms with Crippen molar-refractivity contribution in [2.75, 3.05) is 0 Å². The van der Waals surface area contributed by atoms with Gasteiger partial charge in [0.15, 0.2) is 0 Å². The molecule has 1 fully saturated rings. The van der Waals surface area contributed by atoms with Gasteiger partial charge in [0.05, 0.1) is 0 Å². The fourth-order valence-corrected chi connectivity index (χ4v) is 28.0. The molecule has 7 rings (SSSR count). The Morgan fingerprint density at radius 1 is 0.527 bits per heavy atom. The second-order valence-electron chi connectivity index (χ2n) is 23.0. The molecule has 0 N–H and O–H groups in total. The number of rotatable bonds is 4. The Morgan fingerprint density at radius 3 is 1.15 bits per heavy atom. The first-order valence-electron chi connectivity index (χ1n) is 21.3. The van der Waals surface area contributed by atoms with Gasteiger partial charge in [-0.1, -0.05) is 0 Å². The SMILES string of the molecule is CC(C)CC1(C)C2=Cc3c(-c4cc(C(C)(C)C)cc(C(C)(C)C)c4)cccc3[CH]2[Hf]([CH3])([CH3])[CH]2C1=Cc1c(-c3cc(C(C)(C)C)cc(C(C)(C)C)c3)cccc12. The van der Waals surface area contributed by atoms with Crippen molar-refractivity contribution >= 4 is 12.2 Å². The maximum absolute atomic E-state index is 3.25. The summed E-state index contributed by atoms with van der Waals surface area (Å²) < 4.78 is 6.73. The molecular weight excluding hydrogens is 827 g/mol. The van der Waals surface area contributed by atoms with E-state index in [0.29, 0.717) is 13.3 Å². The molecule has 1 heterocycles. The third-order valence-electron chi connectivity index (χ3n) is 13.7. The van der Waals surface area contributed by atoms with Crippen LogP contribution < -0.4 is 0 Å². The van der Waals surface area contributed by atoms with Crippen LogP contribution in [0.5, 0.6) is 0 Å². The molecular formula is C54H70Hf. The first-order chi connectivity index (χ1) is 25.2. The van der Waals surface area contributed by atoms with E-state index in [1.165, 1.54) is 62.1 Å². The Labute approximate surface area is 340 Å². The van der Waals surface area contributed by atoms with Crippen LogP contribution in [0.15, 0.2) is 83.9 Å². The summed E-state index contributed by atoms with van der Waals surface area (Å²) >= 11 is -3.25. The summed E-state index contributed by atoms with van der Waals surface area (Å²) in [5.41, 5.74) is 21.3. The summed E-state index contributed by atoms with van der Waals surface area (Å²) in [6.07, 6.45) is 6.63. The van der Waals surface area contributed by atoms with Crippen molar-refractivity contribution in [1.82, 2.24) is 0 Å². The second kappa shape index (κ2) is 13.1. The number of fused-ring (bicyclic) bond motifs is 6. The van der Waals surface area contributed by atoms with Gasteiger partial charge in [-0.2, -0.15) is 0 Å². The van der Waals surface area contributed by atoms with Crippen molar-refractivity contribution in [2.45, 2.75) is 149 Å². The van der Waals surface area contributed by atoms with Crippen LogP contribution in [0.3, 0.4) is 0 Å². The number of hydrogen-bond acceptors (Lipinski definition) is 0. The summed E-state index contributed by atoms with van der Waals surface area (Å²) in [6, 6.07) is 29.6. The zero-order chi connectivity index (χ0) is 40.4. The zero-order valence-electron chi connectivity index (χ0n) is 37.5. The monoisotopic (exact) mass is 898 g/mol. The van der Waals surface area contributed by atoms with Gasteiger partial charge in [-0.25, -0.2) is 0 Å². The maximum atomic E-state index is 2.80. The van der Waals surface area contributed by atoms with Crippen LogP contribution in [0, 0.1) is 11.3 Å². The van der Waals surface area contributed by atoms with Gasteiger partial charge in [-0.3, -0.25) is 0 Å². The van der Waals surface area contributed by atoms with Crippen molar-refractivity contribution in [3.8, 4) is 22.3 Å². The van der Waals surface area contributed by atoms with Gasteiger partial charge in [0.2, 0.25) is 0 Å². The van der Waals surface area contributed by atoms with Crippen molar-refractivity contribution in [3.05, 3.63) is 128 Å². The van der Waals surface area contributed by atoms with Crippen LogP contribution in [0.4, 0.5) is 0 Å². The molecule has 0 radical (unpaired) electrons. The average Bonchev–Trinajstić information content (AvgIpc) is 3.67. The third-order valence-corrected chi connectivity index (χ3v) is 28.8. The topological polar surface area (TPSA) is 0 Å². The van der Waals surface area contributed by atoms with Gasteiger partial charge in [0.25, 0.3) is 0 Å². The Bertz CT molecular complexity index is 2020. The number of benzene rings is 4. The van der Waals surface area contributed by atoms with E-state index in [1.807, 2.05) is 0 Å². The molecule has 3 aliphatic rings. The number of allylic oxidation sites excluding steroid dienone is 2. The molecule has 2 atom stereocenters. The Balaban J connectivity index is 1.45. The summed E-state index contributed by atoms with van der Waals surface area (Å²) in [7, 11) is 0. The van der Waals surface area contributed by atoms with E-state index in [1.54, 1.807) is 22.3 Å².